The van der Waals surface area contributed by atoms with Crippen LogP contribution < -0.4 is 5.32 Å². The predicted molar refractivity (Wildman–Crippen MR) is 78.2 cm³/mol. The third kappa shape index (κ3) is 4.29. The Kier molecular flexibility index (Phi) is 5.11. The zero-order valence-corrected chi connectivity index (χ0v) is 13.2. The number of nitrogens with one attached hydrogen (secondary N) is 1. The second-order valence-electron chi connectivity index (χ2n) is 5.20. The van der Waals surface area contributed by atoms with Gasteiger partial charge in [-0.25, -0.2) is 13.2 Å². The highest BCUT2D eigenvalue weighted by molar-refractivity contribution is 7.92. The van der Waals surface area contributed by atoms with Crippen molar-refractivity contribution in [1.82, 2.24) is 5.32 Å². The fourth-order valence-corrected chi connectivity index (χ4v) is 3.41. The molecule has 0 aliphatic carbocycles. The van der Waals surface area contributed by atoms with Crippen molar-refractivity contribution in [2.45, 2.75) is 38.6 Å². The van der Waals surface area contributed by atoms with E-state index in [-0.39, 0.29) is 16.5 Å². The zero-order valence-electron chi connectivity index (χ0n) is 12.4. The second kappa shape index (κ2) is 6.26. The minimum atomic E-state index is -3.89. The Morgan fingerprint density at radius 2 is 1.81 bits per heavy atom. The van der Waals surface area contributed by atoms with Gasteiger partial charge in [0.2, 0.25) is 5.91 Å². The molecule has 0 aliphatic heterocycles. The third-order valence-corrected chi connectivity index (χ3v) is 4.71. The summed E-state index contributed by atoms with van der Waals surface area (Å²) in [6, 6.07) is 2.34. The number of carbonyl (C=O) groups excluding carboxylic acids is 1. The first kappa shape index (κ1) is 17.2. The number of benzene rings is 1. The van der Waals surface area contributed by atoms with Gasteiger partial charge >= 0.3 is 5.97 Å². The van der Waals surface area contributed by atoms with E-state index in [4.69, 9.17) is 5.11 Å². The summed E-state index contributed by atoms with van der Waals surface area (Å²) in [4.78, 5) is 22.6. The lowest BCUT2D eigenvalue weighted by Crippen LogP contribution is -2.35. The van der Waals surface area contributed by atoms with Crippen LogP contribution in [0.15, 0.2) is 17.0 Å². The Morgan fingerprint density at radius 3 is 2.29 bits per heavy atom. The van der Waals surface area contributed by atoms with Gasteiger partial charge in [0.05, 0.1) is 10.5 Å². The van der Waals surface area contributed by atoms with Crippen LogP contribution in [-0.2, 0) is 14.6 Å². The standard InChI is InChI=1S/C14H19NO5S/c1-8(2)15-13(16)7-21(19,20)12-6-11(14(17)18)5-9(3)10(12)4/h5-6,8H,7H2,1-4H3,(H,15,16)(H,17,18). The molecule has 1 rings (SSSR count). The number of aromatic carboxylic acids is 1. The monoisotopic (exact) mass is 313 g/mol. The lowest BCUT2D eigenvalue weighted by atomic mass is 10.1. The number of carbonyl (C=O) groups is 2. The van der Waals surface area contributed by atoms with E-state index in [1.807, 2.05) is 0 Å². The van der Waals surface area contributed by atoms with Crippen LogP contribution in [0, 0.1) is 13.8 Å². The summed E-state index contributed by atoms with van der Waals surface area (Å²) >= 11 is 0. The predicted octanol–water partition coefficient (Wildman–Crippen LogP) is 1.30. The highest BCUT2D eigenvalue weighted by Gasteiger charge is 2.24. The molecule has 0 atom stereocenters. The molecule has 0 heterocycles. The van der Waals surface area contributed by atoms with Gasteiger partial charge in [0, 0.05) is 6.04 Å². The Hall–Kier alpha value is -1.89. The van der Waals surface area contributed by atoms with Crippen LogP contribution in [0.3, 0.4) is 0 Å². The molecule has 1 amide bonds. The molecule has 0 fully saturated rings. The number of amides is 1. The zero-order chi connectivity index (χ0) is 16.4. The largest absolute Gasteiger partial charge is 0.478 e. The van der Waals surface area contributed by atoms with Crippen molar-refractivity contribution >= 4 is 21.7 Å². The molecule has 21 heavy (non-hydrogen) atoms. The summed E-state index contributed by atoms with van der Waals surface area (Å²) in [6.07, 6.45) is 0. The third-order valence-electron chi connectivity index (χ3n) is 2.97. The number of aryl methyl sites for hydroxylation is 1. The first-order valence-electron chi connectivity index (χ1n) is 6.41. The van der Waals surface area contributed by atoms with Crippen LogP contribution in [0.5, 0.6) is 0 Å². The van der Waals surface area contributed by atoms with E-state index in [1.165, 1.54) is 6.07 Å². The molecule has 0 unspecified atom stereocenters. The Morgan fingerprint density at radius 1 is 1.24 bits per heavy atom. The molecular formula is C14H19NO5S. The van der Waals surface area contributed by atoms with Gasteiger partial charge < -0.3 is 10.4 Å². The highest BCUT2D eigenvalue weighted by atomic mass is 32.2. The number of carboxylic acids is 1. The molecule has 7 heteroatoms. The second-order valence-corrected chi connectivity index (χ2v) is 7.16. The quantitative estimate of drug-likeness (QED) is 0.853. The van der Waals surface area contributed by atoms with Gasteiger partial charge in [-0.05, 0) is 51.0 Å². The summed E-state index contributed by atoms with van der Waals surface area (Å²) in [7, 11) is -3.89. The molecule has 1 aromatic carbocycles. The molecule has 1 aromatic rings. The summed E-state index contributed by atoms with van der Waals surface area (Å²) in [5.74, 6) is -2.52. The number of hydrogen-bond acceptors (Lipinski definition) is 4. The topological polar surface area (TPSA) is 101 Å². The Labute approximate surface area is 124 Å². The van der Waals surface area contributed by atoms with Gasteiger partial charge in [-0.15, -0.1) is 0 Å². The SMILES string of the molecule is Cc1cc(C(=O)O)cc(S(=O)(=O)CC(=O)NC(C)C)c1C. The molecule has 6 nitrogen and oxygen atoms in total. The first-order chi connectivity index (χ1) is 9.54. The van der Waals surface area contributed by atoms with Gasteiger partial charge in [-0.1, -0.05) is 0 Å². The van der Waals surface area contributed by atoms with Crippen molar-refractivity contribution in [3.63, 3.8) is 0 Å². The van der Waals surface area contributed by atoms with Crippen molar-refractivity contribution < 1.29 is 23.1 Å². The van der Waals surface area contributed by atoms with Crippen LogP contribution in [0.1, 0.15) is 35.3 Å². The minimum absolute atomic E-state index is 0.110. The van der Waals surface area contributed by atoms with Gasteiger partial charge in [0.25, 0.3) is 0 Å². The van der Waals surface area contributed by atoms with E-state index in [0.717, 1.165) is 6.07 Å². The van der Waals surface area contributed by atoms with Crippen molar-refractivity contribution in [1.29, 1.82) is 0 Å². The van der Waals surface area contributed by atoms with Crippen molar-refractivity contribution in [3.05, 3.63) is 28.8 Å². The summed E-state index contributed by atoms with van der Waals surface area (Å²) < 4.78 is 24.6. The summed E-state index contributed by atoms with van der Waals surface area (Å²) in [6.45, 7) is 6.68. The van der Waals surface area contributed by atoms with E-state index in [9.17, 15) is 18.0 Å². The van der Waals surface area contributed by atoms with Gasteiger partial charge in [0.1, 0.15) is 5.75 Å². The molecule has 0 spiro atoms. The number of hydrogen-bond donors (Lipinski definition) is 2. The lowest BCUT2D eigenvalue weighted by molar-refractivity contribution is -0.119. The fourth-order valence-electron chi connectivity index (χ4n) is 1.89. The van der Waals surface area contributed by atoms with E-state index in [2.05, 4.69) is 5.32 Å². The van der Waals surface area contributed by atoms with Crippen LogP contribution >= 0.6 is 0 Å². The maximum atomic E-state index is 12.3. The highest BCUT2D eigenvalue weighted by Crippen LogP contribution is 2.22. The van der Waals surface area contributed by atoms with E-state index in [0.29, 0.717) is 11.1 Å². The van der Waals surface area contributed by atoms with E-state index in [1.54, 1.807) is 27.7 Å². The van der Waals surface area contributed by atoms with E-state index < -0.39 is 27.5 Å². The normalized spacial score (nSPS) is 11.5. The molecular weight excluding hydrogens is 294 g/mol. The first-order valence-corrected chi connectivity index (χ1v) is 8.06. The van der Waals surface area contributed by atoms with Crippen molar-refractivity contribution in [3.8, 4) is 0 Å². The van der Waals surface area contributed by atoms with Crippen LogP contribution in [-0.4, -0.2) is 37.2 Å². The molecule has 0 aliphatic rings. The Balaban J connectivity index is 3.25. The number of carboxylic acid groups (broad SMARTS) is 1. The van der Waals surface area contributed by atoms with E-state index >= 15 is 0 Å². The maximum absolute atomic E-state index is 12.3. The molecule has 2 N–H and O–H groups in total. The van der Waals surface area contributed by atoms with Crippen LogP contribution in [0.2, 0.25) is 0 Å². The summed E-state index contributed by atoms with van der Waals surface area (Å²) in [5.41, 5.74) is 0.899. The Bertz CT molecular complexity index is 677. The van der Waals surface area contributed by atoms with Crippen molar-refractivity contribution in [2.75, 3.05) is 5.75 Å². The smallest absolute Gasteiger partial charge is 0.335 e. The fraction of sp³-hybridized carbons (Fsp3) is 0.429. The van der Waals surface area contributed by atoms with Crippen LogP contribution in [0.25, 0.3) is 0 Å². The van der Waals surface area contributed by atoms with Crippen molar-refractivity contribution in [2.24, 2.45) is 0 Å². The average Bonchev–Trinajstić information content (AvgIpc) is 2.29. The van der Waals surface area contributed by atoms with Crippen LogP contribution in [0.4, 0.5) is 0 Å². The maximum Gasteiger partial charge on any atom is 0.335 e. The lowest BCUT2D eigenvalue weighted by Gasteiger charge is -2.12. The minimum Gasteiger partial charge on any atom is -0.478 e. The average molecular weight is 313 g/mol. The molecule has 116 valence electrons. The molecule has 0 radical (unpaired) electrons. The van der Waals surface area contributed by atoms with Gasteiger partial charge in [-0.2, -0.15) is 0 Å². The van der Waals surface area contributed by atoms with Gasteiger partial charge in [0.15, 0.2) is 9.84 Å². The summed E-state index contributed by atoms with van der Waals surface area (Å²) in [5, 5.41) is 11.5. The molecule has 0 aromatic heterocycles. The van der Waals surface area contributed by atoms with Gasteiger partial charge in [-0.3, -0.25) is 4.79 Å². The molecule has 0 saturated heterocycles. The molecule has 0 bridgehead atoms. The number of sulfone groups is 1. The number of rotatable bonds is 5. The molecule has 0 saturated carbocycles.